The van der Waals surface area contributed by atoms with Gasteiger partial charge >= 0.3 is 0 Å². The lowest BCUT2D eigenvalue weighted by atomic mass is 10.1. The Bertz CT molecular complexity index is 490. The van der Waals surface area contributed by atoms with Gasteiger partial charge in [-0.05, 0) is 17.7 Å². The number of β-amino-alcohol motifs (C(OH)–C–C–N with tert-alkyl or cyclic N) is 2. The van der Waals surface area contributed by atoms with Crippen LogP contribution in [0.15, 0.2) is 24.3 Å². The van der Waals surface area contributed by atoms with Gasteiger partial charge in [-0.1, -0.05) is 12.1 Å². The molecule has 0 radical (unpaired) electrons. The fourth-order valence-electron chi connectivity index (χ4n) is 2.11. The summed E-state index contributed by atoms with van der Waals surface area (Å²) in [5.41, 5.74) is 1.40. The summed E-state index contributed by atoms with van der Waals surface area (Å²) in [5.74, 6) is -0.322. The normalized spacial score (nSPS) is 21.9. The third-order valence-corrected chi connectivity index (χ3v) is 3.29. The van der Waals surface area contributed by atoms with E-state index in [1.807, 2.05) is 0 Å². The van der Waals surface area contributed by atoms with Gasteiger partial charge < -0.3 is 20.4 Å². The van der Waals surface area contributed by atoms with Crippen LogP contribution in [0.4, 0.5) is 0 Å². The molecule has 0 aromatic heterocycles. The second-order valence-electron chi connectivity index (χ2n) is 4.95. The molecular weight excluding hydrogens is 260 g/mol. The molecule has 1 fully saturated rings. The van der Waals surface area contributed by atoms with Crippen molar-refractivity contribution in [2.45, 2.75) is 25.7 Å². The number of hydrogen-bond acceptors (Lipinski definition) is 4. The summed E-state index contributed by atoms with van der Waals surface area (Å²) in [6.45, 7) is 2.16. The first kappa shape index (κ1) is 14.5. The van der Waals surface area contributed by atoms with E-state index in [1.165, 1.54) is 11.8 Å². The molecule has 1 aliphatic heterocycles. The molecule has 3 N–H and O–H groups in total. The number of nitrogens with zero attached hydrogens (tertiary/aromatic N) is 1. The van der Waals surface area contributed by atoms with Crippen LogP contribution in [0, 0.1) is 0 Å². The molecule has 1 heterocycles. The molecule has 1 saturated heterocycles. The number of hydrogen-bond donors (Lipinski definition) is 3. The van der Waals surface area contributed by atoms with Crippen LogP contribution in [0.5, 0.6) is 0 Å². The van der Waals surface area contributed by atoms with Gasteiger partial charge in [0, 0.05) is 32.1 Å². The Kier molecular flexibility index (Phi) is 4.36. The number of likely N-dealkylation sites (tertiary alicyclic amines) is 1. The van der Waals surface area contributed by atoms with Gasteiger partial charge in [0.05, 0.1) is 12.2 Å². The monoisotopic (exact) mass is 278 g/mol. The molecule has 20 heavy (non-hydrogen) atoms. The van der Waals surface area contributed by atoms with E-state index in [9.17, 15) is 19.8 Å². The quantitative estimate of drug-likeness (QED) is 0.695. The van der Waals surface area contributed by atoms with Crippen LogP contribution in [-0.4, -0.2) is 52.2 Å². The molecule has 2 amide bonds. The van der Waals surface area contributed by atoms with Crippen LogP contribution in [0.25, 0.3) is 0 Å². The van der Waals surface area contributed by atoms with Crippen LogP contribution in [0.1, 0.15) is 22.8 Å². The van der Waals surface area contributed by atoms with Gasteiger partial charge in [0.2, 0.25) is 5.91 Å². The average molecular weight is 278 g/mol. The van der Waals surface area contributed by atoms with E-state index in [2.05, 4.69) is 5.32 Å². The van der Waals surface area contributed by atoms with Crippen LogP contribution in [-0.2, 0) is 11.3 Å². The van der Waals surface area contributed by atoms with Crippen LogP contribution in [0.3, 0.4) is 0 Å². The number of nitrogens with one attached hydrogen (secondary N) is 1. The Morgan fingerprint density at radius 2 is 1.75 bits per heavy atom. The summed E-state index contributed by atoms with van der Waals surface area (Å²) < 4.78 is 0. The highest BCUT2D eigenvalue weighted by molar-refractivity contribution is 5.94. The minimum absolute atomic E-state index is 0.106. The van der Waals surface area contributed by atoms with Crippen LogP contribution >= 0.6 is 0 Å². The van der Waals surface area contributed by atoms with E-state index in [4.69, 9.17) is 0 Å². The minimum atomic E-state index is -0.877. The van der Waals surface area contributed by atoms with E-state index in [0.717, 1.165) is 5.56 Å². The number of carbonyl (C=O) groups excluding carboxylic acids is 2. The van der Waals surface area contributed by atoms with Gasteiger partial charge in [-0.2, -0.15) is 0 Å². The van der Waals surface area contributed by atoms with Gasteiger partial charge in [0.15, 0.2) is 0 Å². The first-order valence-electron chi connectivity index (χ1n) is 6.46. The zero-order valence-corrected chi connectivity index (χ0v) is 11.2. The maximum Gasteiger partial charge on any atom is 0.254 e. The van der Waals surface area contributed by atoms with Crippen molar-refractivity contribution in [2.75, 3.05) is 13.1 Å². The molecule has 0 aliphatic carbocycles. The second-order valence-corrected chi connectivity index (χ2v) is 4.95. The Morgan fingerprint density at radius 3 is 2.25 bits per heavy atom. The van der Waals surface area contributed by atoms with E-state index < -0.39 is 12.2 Å². The highest BCUT2D eigenvalue weighted by atomic mass is 16.3. The Balaban J connectivity index is 1.99. The van der Waals surface area contributed by atoms with Crippen molar-refractivity contribution in [1.29, 1.82) is 0 Å². The predicted molar refractivity (Wildman–Crippen MR) is 71.9 cm³/mol. The van der Waals surface area contributed by atoms with Crippen molar-refractivity contribution in [2.24, 2.45) is 0 Å². The lowest BCUT2D eigenvalue weighted by molar-refractivity contribution is -0.119. The average Bonchev–Trinajstić information content (AvgIpc) is 2.76. The van der Waals surface area contributed by atoms with Crippen LogP contribution < -0.4 is 5.32 Å². The van der Waals surface area contributed by atoms with Crippen LogP contribution in [0.2, 0.25) is 0 Å². The molecule has 1 aromatic rings. The first-order valence-corrected chi connectivity index (χ1v) is 6.46. The number of benzene rings is 1. The number of aliphatic hydroxyl groups excluding tert-OH is 2. The highest BCUT2D eigenvalue weighted by Crippen LogP contribution is 2.14. The molecule has 1 aliphatic rings. The molecule has 0 bridgehead atoms. The largest absolute Gasteiger partial charge is 0.388 e. The smallest absolute Gasteiger partial charge is 0.254 e. The Morgan fingerprint density at radius 1 is 1.20 bits per heavy atom. The van der Waals surface area contributed by atoms with Crippen molar-refractivity contribution < 1.29 is 19.8 Å². The van der Waals surface area contributed by atoms with Gasteiger partial charge in [-0.3, -0.25) is 9.59 Å². The van der Waals surface area contributed by atoms with Crippen molar-refractivity contribution in [1.82, 2.24) is 10.2 Å². The van der Waals surface area contributed by atoms with Crippen molar-refractivity contribution in [3.8, 4) is 0 Å². The summed E-state index contributed by atoms with van der Waals surface area (Å²) in [7, 11) is 0. The van der Waals surface area contributed by atoms with Gasteiger partial charge in [-0.15, -0.1) is 0 Å². The van der Waals surface area contributed by atoms with Gasteiger partial charge in [0.25, 0.3) is 5.91 Å². The van der Waals surface area contributed by atoms with E-state index in [0.29, 0.717) is 12.1 Å². The maximum atomic E-state index is 12.1. The molecule has 6 heteroatoms. The van der Waals surface area contributed by atoms with E-state index >= 15 is 0 Å². The fraction of sp³-hybridized carbons (Fsp3) is 0.429. The Labute approximate surface area is 117 Å². The van der Waals surface area contributed by atoms with E-state index in [-0.39, 0.29) is 24.9 Å². The SMILES string of the molecule is CC(=O)NCc1ccc(C(=O)N2C[C@@H](O)[C@@H](O)C2)cc1. The minimum Gasteiger partial charge on any atom is -0.388 e. The van der Waals surface area contributed by atoms with Gasteiger partial charge in [0.1, 0.15) is 0 Å². The van der Waals surface area contributed by atoms with Crippen molar-refractivity contribution >= 4 is 11.8 Å². The third kappa shape index (κ3) is 3.34. The highest BCUT2D eigenvalue weighted by Gasteiger charge is 2.32. The first-order chi connectivity index (χ1) is 9.47. The number of aliphatic hydroxyl groups is 2. The molecule has 0 spiro atoms. The lowest BCUT2D eigenvalue weighted by Gasteiger charge is -2.15. The predicted octanol–water partition coefficient (Wildman–Crippen LogP) is -0.500. The number of amides is 2. The second kappa shape index (κ2) is 6.02. The number of rotatable bonds is 3. The summed E-state index contributed by atoms with van der Waals surface area (Å²) in [6, 6.07) is 6.89. The fourth-order valence-corrected chi connectivity index (χ4v) is 2.11. The topological polar surface area (TPSA) is 89.9 Å². The zero-order chi connectivity index (χ0) is 14.7. The van der Waals surface area contributed by atoms with Gasteiger partial charge in [-0.25, -0.2) is 0 Å². The molecule has 2 atom stereocenters. The molecule has 0 saturated carbocycles. The summed E-state index contributed by atoms with van der Waals surface area (Å²) in [4.78, 5) is 24.4. The molecule has 108 valence electrons. The molecule has 2 rings (SSSR count). The van der Waals surface area contributed by atoms with Crippen molar-refractivity contribution in [3.05, 3.63) is 35.4 Å². The zero-order valence-electron chi connectivity index (χ0n) is 11.2. The molecule has 6 nitrogen and oxygen atoms in total. The molecule has 0 unspecified atom stereocenters. The molecule has 1 aromatic carbocycles. The summed E-state index contributed by atoms with van der Waals surface area (Å²) in [5, 5.41) is 21.6. The Hall–Kier alpha value is -1.92. The van der Waals surface area contributed by atoms with E-state index in [1.54, 1.807) is 24.3 Å². The summed E-state index contributed by atoms with van der Waals surface area (Å²) in [6.07, 6.45) is -1.75. The summed E-state index contributed by atoms with van der Waals surface area (Å²) >= 11 is 0. The number of carbonyl (C=O) groups is 2. The van der Waals surface area contributed by atoms with Crippen molar-refractivity contribution in [3.63, 3.8) is 0 Å². The third-order valence-electron chi connectivity index (χ3n) is 3.29. The lowest BCUT2D eigenvalue weighted by Crippen LogP contribution is -2.29. The standard InChI is InChI=1S/C14H18N2O4/c1-9(17)15-6-10-2-4-11(5-3-10)14(20)16-7-12(18)13(19)8-16/h2-5,12-13,18-19H,6-8H2,1H3,(H,15,17)/t12-,13+. The molecular formula is C14H18N2O4. The maximum absolute atomic E-state index is 12.1.